The van der Waals surface area contributed by atoms with E-state index in [9.17, 15) is 13.2 Å². The number of aromatic nitrogens is 3. The summed E-state index contributed by atoms with van der Waals surface area (Å²) in [5.41, 5.74) is 0.270. The number of rotatable bonds is 3. The fourth-order valence-corrected chi connectivity index (χ4v) is 2.72. The van der Waals surface area contributed by atoms with Gasteiger partial charge in [0.25, 0.3) is 15.6 Å². The van der Waals surface area contributed by atoms with Gasteiger partial charge in [-0.2, -0.15) is 0 Å². The van der Waals surface area contributed by atoms with Crippen LogP contribution in [0, 0.1) is 0 Å². The highest BCUT2D eigenvalue weighted by atomic mass is 32.2. The molecule has 0 radical (unpaired) electrons. The maximum absolute atomic E-state index is 12.3. The van der Waals surface area contributed by atoms with Gasteiger partial charge in [0.1, 0.15) is 4.90 Å². The largest absolute Gasteiger partial charge is 0.281 e. The first kappa shape index (κ1) is 16.2. The lowest BCUT2D eigenvalue weighted by atomic mass is 9.92. The average molecular weight is 322 g/mol. The second-order valence-corrected chi connectivity index (χ2v) is 7.58. The number of nitrogens with zero attached hydrogens (tertiary/aromatic N) is 3. The van der Waals surface area contributed by atoms with Crippen molar-refractivity contribution in [1.82, 2.24) is 14.5 Å². The molecule has 0 unspecified atom stereocenters. The van der Waals surface area contributed by atoms with Crippen LogP contribution >= 0.6 is 0 Å². The van der Waals surface area contributed by atoms with Gasteiger partial charge in [-0.1, -0.05) is 20.8 Å². The van der Waals surface area contributed by atoms with Gasteiger partial charge in [-0.25, -0.2) is 18.1 Å². The van der Waals surface area contributed by atoms with Gasteiger partial charge in [-0.05, 0) is 12.1 Å². The minimum absolute atomic E-state index is 0.0126. The number of sulfonamides is 1. The topological polar surface area (TPSA) is 93.9 Å². The molecular formula is C14H18N4O3S. The molecule has 0 fully saturated rings. The van der Waals surface area contributed by atoms with Crippen molar-refractivity contribution in [3.63, 3.8) is 0 Å². The van der Waals surface area contributed by atoms with E-state index >= 15 is 0 Å². The molecule has 2 aromatic rings. The quantitative estimate of drug-likeness (QED) is 0.918. The first-order chi connectivity index (χ1) is 10.1. The van der Waals surface area contributed by atoms with Crippen LogP contribution in [0.5, 0.6) is 0 Å². The Bertz CT molecular complexity index is 834. The molecule has 1 N–H and O–H groups in total. The molecule has 2 aromatic heterocycles. The lowest BCUT2D eigenvalue weighted by Gasteiger charge is -2.17. The van der Waals surface area contributed by atoms with E-state index in [0.717, 1.165) is 10.3 Å². The molecular weight excluding hydrogens is 304 g/mol. The molecule has 0 aliphatic heterocycles. The van der Waals surface area contributed by atoms with Gasteiger partial charge in [0, 0.05) is 36.6 Å². The molecule has 2 heterocycles. The lowest BCUT2D eigenvalue weighted by Crippen LogP contribution is -2.24. The summed E-state index contributed by atoms with van der Waals surface area (Å²) in [7, 11) is -2.41. The van der Waals surface area contributed by atoms with Crippen LogP contribution in [0.25, 0.3) is 0 Å². The van der Waals surface area contributed by atoms with Crippen molar-refractivity contribution < 1.29 is 8.42 Å². The third kappa shape index (κ3) is 3.33. The van der Waals surface area contributed by atoms with Gasteiger partial charge in [-0.15, -0.1) is 0 Å². The van der Waals surface area contributed by atoms with E-state index in [2.05, 4.69) is 14.7 Å². The van der Waals surface area contributed by atoms with Crippen molar-refractivity contribution >= 4 is 16.0 Å². The smallest absolute Gasteiger partial charge is 0.265 e. The van der Waals surface area contributed by atoms with E-state index in [1.807, 2.05) is 20.8 Å². The molecule has 118 valence electrons. The highest BCUT2D eigenvalue weighted by Crippen LogP contribution is 2.21. The summed E-state index contributed by atoms with van der Waals surface area (Å²) >= 11 is 0. The third-order valence-corrected chi connectivity index (χ3v) is 4.42. The van der Waals surface area contributed by atoms with Gasteiger partial charge in [0.2, 0.25) is 5.95 Å². The number of hydrogen-bond donors (Lipinski definition) is 1. The van der Waals surface area contributed by atoms with Gasteiger partial charge in [0.05, 0.1) is 0 Å². The Morgan fingerprint density at radius 1 is 1.14 bits per heavy atom. The third-order valence-electron chi connectivity index (χ3n) is 3.10. The van der Waals surface area contributed by atoms with E-state index in [0.29, 0.717) is 0 Å². The van der Waals surface area contributed by atoms with E-state index in [-0.39, 0.29) is 21.8 Å². The maximum Gasteiger partial charge on any atom is 0.265 e. The molecule has 0 saturated heterocycles. The molecule has 0 aliphatic rings. The number of hydrogen-bond acceptors (Lipinski definition) is 5. The van der Waals surface area contributed by atoms with Crippen LogP contribution in [0.3, 0.4) is 0 Å². The Morgan fingerprint density at radius 3 is 2.36 bits per heavy atom. The van der Waals surface area contributed by atoms with E-state index in [1.54, 1.807) is 6.07 Å². The zero-order chi connectivity index (χ0) is 16.5. The molecule has 0 spiro atoms. The Balaban J connectivity index is 2.35. The summed E-state index contributed by atoms with van der Waals surface area (Å²) in [4.78, 5) is 19.6. The van der Waals surface area contributed by atoms with Gasteiger partial charge in [0.15, 0.2) is 0 Å². The minimum Gasteiger partial charge on any atom is -0.281 e. The maximum atomic E-state index is 12.3. The molecule has 0 saturated carbocycles. The van der Waals surface area contributed by atoms with Crippen LogP contribution in [0.2, 0.25) is 0 Å². The molecule has 8 heteroatoms. The van der Waals surface area contributed by atoms with Gasteiger partial charge >= 0.3 is 0 Å². The predicted molar refractivity (Wildman–Crippen MR) is 83.2 cm³/mol. The fourth-order valence-electron chi connectivity index (χ4n) is 1.73. The average Bonchev–Trinajstić information content (AvgIpc) is 2.43. The van der Waals surface area contributed by atoms with Crippen molar-refractivity contribution in [3.8, 4) is 0 Å². The van der Waals surface area contributed by atoms with E-state index in [4.69, 9.17) is 0 Å². The number of anilines is 1. The molecule has 22 heavy (non-hydrogen) atoms. The standard InChI is InChI=1S/C14H18N4O3S/c1-14(2,3)11-6-5-10(9-16-11)22(20,21)17-13-15-8-7-12(19)18(13)4/h5-9H,1-4H3,(H,15,17). The van der Waals surface area contributed by atoms with Crippen LogP contribution in [-0.2, 0) is 22.5 Å². The summed E-state index contributed by atoms with van der Waals surface area (Å²) in [5.74, 6) is -0.0487. The first-order valence-electron chi connectivity index (χ1n) is 6.63. The molecule has 7 nitrogen and oxygen atoms in total. The Morgan fingerprint density at radius 2 is 1.82 bits per heavy atom. The highest BCUT2D eigenvalue weighted by molar-refractivity contribution is 7.92. The first-order valence-corrected chi connectivity index (χ1v) is 8.11. The van der Waals surface area contributed by atoms with Crippen molar-refractivity contribution in [2.45, 2.75) is 31.1 Å². The summed E-state index contributed by atoms with van der Waals surface area (Å²) in [6.07, 6.45) is 2.55. The normalized spacial score (nSPS) is 12.2. The summed E-state index contributed by atoms with van der Waals surface area (Å²) in [6.45, 7) is 5.97. The second kappa shape index (κ2) is 5.53. The number of pyridine rings is 1. The second-order valence-electron chi connectivity index (χ2n) is 5.90. The molecule has 0 amide bonds. The van der Waals surface area contributed by atoms with Crippen molar-refractivity contribution in [2.24, 2.45) is 7.05 Å². The van der Waals surface area contributed by atoms with E-state index in [1.165, 1.54) is 31.6 Å². The number of nitrogens with one attached hydrogen (secondary N) is 1. The minimum atomic E-state index is -3.85. The predicted octanol–water partition coefficient (Wildman–Crippen LogP) is 1.27. The van der Waals surface area contributed by atoms with Gasteiger partial charge in [-0.3, -0.25) is 14.3 Å². The lowest BCUT2D eigenvalue weighted by molar-refractivity contribution is 0.566. The zero-order valence-corrected chi connectivity index (χ0v) is 13.7. The van der Waals surface area contributed by atoms with Crippen LogP contribution < -0.4 is 10.3 Å². The highest BCUT2D eigenvalue weighted by Gasteiger charge is 2.20. The summed E-state index contributed by atoms with van der Waals surface area (Å²) in [6, 6.07) is 4.40. The Hall–Kier alpha value is -2.22. The van der Waals surface area contributed by atoms with Crippen molar-refractivity contribution in [2.75, 3.05) is 4.72 Å². The molecule has 0 atom stereocenters. The fraction of sp³-hybridized carbons (Fsp3) is 0.357. The monoisotopic (exact) mass is 322 g/mol. The van der Waals surface area contributed by atoms with Crippen molar-refractivity contribution in [1.29, 1.82) is 0 Å². The molecule has 2 rings (SSSR count). The van der Waals surface area contributed by atoms with Crippen LogP contribution in [-0.4, -0.2) is 23.0 Å². The Labute approximate surface area is 129 Å². The summed E-state index contributed by atoms with van der Waals surface area (Å²) < 4.78 is 28.0. The molecule has 0 aromatic carbocycles. The SMILES string of the molecule is Cn1c(NS(=O)(=O)c2ccc(C(C)(C)C)nc2)nccc1=O. The Kier molecular flexibility index (Phi) is 4.06. The van der Waals surface area contributed by atoms with Crippen LogP contribution in [0.15, 0.2) is 40.3 Å². The molecule has 0 bridgehead atoms. The zero-order valence-electron chi connectivity index (χ0n) is 12.9. The van der Waals surface area contributed by atoms with Crippen LogP contribution in [0.4, 0.5) is 5.95 Å². The summed E-state index contributed by atoms with van der Waals surface area (Å²) in [5, 5.41) is 0. The van der Waals surface area contributed by atoms with Gasteiger partial charge < -0.3 is 0 Å². The van der Waals surface area contributed by atoms with E-state index < -0.39 is 10.0 Å². The van der Waals surface area contributed by atoms with Crippen molar-refractivity contribution in [3.05, 3.63) is 46.6 Å². The van der Waals surface area contributed by atoms with Crippen LogP contribution in [0.1, 0.15) is 26.5 Å². The molecule has 0 aliphatic carbocycles.